The molecule has 21 heavy (non-hydrogen) atoms. The van der Waals surface area contributed by atoms with Crippen LogP contribution in [0.3, 0.4) is 0 Å². The largest absolute Gasteiger partial charge is 0.433 e. The number of benzene rings is 1. The minimum absolute atomic E-state index is 0.0298. The minimum Gasteiger partial charge on any atom is -0.350 e. The third-order valence-corrected chi connectivity index (χ3v) is 2.74. The zero-order chi connectivity index (χ0) is 15.5. The van der Waals surface area contributed by atoms with E-state index in [1.165, 1.54) is 12.1 Å². The lowest BCUT2D eigenvalue weighted by Gasteiger charge is -2.09. The normalized spacial score (nSPS) is 11.5. The van der Waals surface area contributed by atoms with Crippen molar-refractivity contribution in [2.24, 2.45) is 5.73 Å². The van der Waals surface area contributed by atoms with Gasteiger partial charge in [0.1, 0.15) is 11.5 Å². The molecule has 2 rings (SSSR count). The first-order chi connectivity index (χ1) is 9.90. The Morgan fingerprint density at radius 3 is 2.57 bits per heavy atom. The Labute approximate surface area is 118 Å². The summed E-state index contributed by atoms with van der Waals surface area (Å²) in [5.41, 5.74) is 5.24. The lowest BCUT2D eigenvalue weighted by Crippen LogP contribution is -2.12. The summed E-state index contributed by atoms with van der Waals surface area (Å²) in [6.45, 7) is 0.180. The second-order valence-corrected chi connectivity index (χ2v) is 4.25. The molecule has 1 aromatic heterocycles. The van der Waals surface area contributed by atoms with Crippen molar-refractivity contribution in [3.05, 3.63) is 53.1 Å². The molecule has 0 aliphatic carbocycles. The summed E-state index contributed by atoms with van der Waals surface area (Å²) in [5.74, 6) is -0.704. The van der Waals surface area contributed by atoms with Crippen LogP contribution in [0.1, 0.15) is 16.8 Å². The smallest absolute Gasteiger partial charge is 0.350 e. The van der Waals surface area contributed by atoms with Gasteiger partial charge >= 0.3 is 6.18 Å². The number of rotatable bonds is 4. The van der Waals surface area contributed by atoms with Crippen LogP contribution in [-0.4, -0.2) is 9.97 Å². The number of nitrogens with two attached hydrogens (primary N) is 1. The van der Waals surface area contributed by atoms with Gasteiger partial charge in [-0.2, -0.15) is 13.2 Å². The highest BCUT2D eigenvalue weighted by Gasteiger charge is 2.32. The topological polar surface area (TPSA) is 63.8 Å². The molecule has 0 fully saturated rings. The van der Waals surface area contributed by atoms with E-state index >= 15 is 0 Å². The molecule has 0 spiro atoms. The summed E-state index contributed by atoms with van der Waals surface area (Å²) >= 11 is 0. The van der Waals surface area contributed by atoms with Crippen LogP contribution in [0.2, 0.25) is 0 Å². The van der Waals surface area contributed by atoms with Crippen molar-refractivity contribution in [2.75, 3.05) is 5.32 Å². The van der Waals surface area contributed by atoms with E-state index in [2.05, 4.69) is 15.3 Å². The summed E-state index contributed by atoms with van der Waals surface area (Å²) in [6.07, 6.45) is -3.56. The minimum atomic E-state index is -4.55. The number of anilines is 1. The van der Waals surface area contributed by atoms with Crippen LogP contribution < -0.4 is 11.1 Å². The molecule has 0 atom stereocenters. The maximum Gasteiger partial charge on any atom is 0.433 e. The summed E-state index contributed by atoms with van der Waals surface area (Å²) < 4.78 is 51.2. The number of nitrogens with zero attached hydrogens (tertiary/aromatic N) is 2. The number of aromatic nitrogens is 2. The summed E-state index contributed by atoms with van der Waals surface area (Å²) in [4.78, 5) is 7.00. The Hall–Kier alpha value is -2.22. The van der Waals surface area contributed by atoms with Crippen LogP contribution in [0.4, 0.5) is 23.5 Å². The Morgan fingerprint density at radius 1 is 1.19 bits per heavy atom. The highest BCUT2D eigenvalue weighted by atomic mass is 19.4. The SMILES string of the molecule is NCc1ccc(CNc2nccc(C(F)(F)F)n2)c(F)c1. The quantitative estimate of drug-likeness (QED) is 0.852. The maximum atomic E-state index is 13.7. The Kier molecular flexibility index (Phi) is 4.37. The van der Waals surface area contributed by atoms with Crippen LogP contribution in [0.15, 0.2) is 30.5 Å². The first-order valence-corrected chi connectivity index (χ1v) is 6.01. The molecule has 0 aliphatic rings. The number of hydrogen-bond acceptors (Lipinski definition) is 4. The van der Waals surface area contributed by atoms with E-state index in [4.69, 9.17) is 5.73 Å². The van der Waals surface area contributed by atoms with Crippen LogP contribution in [0.25, 0.3) is 0 Å². The van der Waals surface area contributed by atoms with Gasteiger partial charge in [-0.05, 0) is 17.7 Å². The molecule has 4 nitrogen and oxygen atoms in total. The number of hydrogen-bond donors (Lipinski definition) is 2. The summed E-state index contributed by atoms with van der Waals surface area (Å²) in [7, 11) is 0. The molecule has 0 bridgehead atoms. The Balaban J connectivity index is 2.10. The fourth-order valence-corrected chi connectivity index (χ4v) is 1.64. The molecular formula is C13H12F4N4. The van der Waals surface area contributed by atoms with E-state index in [0.717, 1.165) is 12.3 Å². The lowest BCUT2D eigenvalue weighted by molar-refractivity contribution is -0.141. The molecule has 0 saturated heterocycles. The van der Waals surface area contributed by atoms with Crippen LogP contribution in [0.5, 0.6) is 0 Å². The van der Waals surface area contributed by atoms with Gasteiger partial charge in [0, 0.05) is 24.8 Å². The van der Waals surface area contributed by atoms with E-state index in [1.807, 2.05) is 0 Å². The fraction of sp³-hybridized carbons (Fsp3) is 0.231. The van der Waals surface area contributed by atoms with Gasteiger partial charge < -0.3 is 11.1 Å². The summed E-state index contributed by atoms with van der Waals surface area (Å²) in [6, 6.07) is 5.21. The van der Waals surface area contributed by atoms with E-state index in [0.29, 0.717) is 5.56 Å². The van der Waals surface area contributed by atoms with Gasteiger partial charge in [-0.1, -0.05) is 12.1 Å². The predicted octanol–water partition coefficient (Wildman–Crippen LogP) is 2.71. The molecule has 3 N–H and O–H groups in total. The Bertz CT molecular complexity index is 628. The maximum absolute atomic E-state index is 13.7. The van der Waals surface area contributed by atoms with E-state index in [-0.39, 0.29) is 24.6 Å². The first kappa shape index (κ1) is 15.2. The molecule has 2 aromatic rings. The number of halogens is 4. The molecule has 8 heteroatoms. The highest BCUT2D eigenvalue weighted by molar-refractivity contribution is 5.31. The third kappa shape index (κ3) is 3.88. The van der Waals surface area contributed by atoms with Crippen molar-refractivity contribution in [1.29, 1.82) is 0 Å². The van der Waals surface area contributed by atoms with Crippen molar-refractivity contribution >= 4 is 5.95 Å². The second-order valence-electron chi connectivity index (χ2n) is 4.25. The Morgan fingerprint density at radius 2 is 1.95 bits per heavy atom. The van der Waals surface area contributed by atoms with Gasteiger partial charge in [0.2, 0.25) is 5.95 Å². The third-order valence-electron chi connectivity index (χ3n) is 2.74. The lowest BCUT2D eigenvalue weighted by atomic mass is 10.1. The second kappa shape index (κ2) is 6.04. The van der Waals surface area contributed by atoms with E-state index in [1.54, 1.807) is 6.07 Å². The van der Waals surface area contributed by atoms with Crippen molar-refractivity contribution in [3.63, 3.8) is 0 Å². The molecule has 0 unspecified atom stereocenters. The van der Waals surface area contributed by atoms with Crippen LogP contribution >= 0.6 is 0 Å². The van der Waals surface area contributed by atoms with Crippen molar-refractivity contribution in [2.45, 2.75) is 19.3 Å². The molecule has 0 aliphatic heterocycles. The van der Waals surface area contributed by atoms with Gasteiger partial charge in [-0.25, -0.2) is 14.4 Å². The van der Waals surface area contributed by atoms with Crippen molar-refractivity contribution in [3.8, 4) is 0 Å². The molecule has 0 amide bonds. The zero-order valence-corrected chi connectivity index (χ0v) is 10.8. The predicted molar refractivity (Wildman–Crippen MR) is 68.7 cm³/mol. The van der Waals surface area contributed by atoms with Gasteiger partial charge in [0.05, 0.1) is 0 Å². The first-order valence-electron chi connectivity index (χ1n) is 6.01. The van der Waals surface area contributed by atoms with Gasteiger partial charge in [0.15, 0.2) is 0 Å². The average Bonchev–Trinajstić information content (AvgIpc) is 2.45. The monoisotopic (exact) mass is 300 g/mol. The van der Waals surface area contributed by atoms with Crippen LogP contribution in [-0.2, 0) is 19.3 Å². The van der Waals surface area contributed by atoms with E-state index < -0.39 is 17.7 Å². The molecule has 0 saturated carbocycles. The average molecular weight is 300 g/mol. The highest BCUT2D eigenvalue weighted by Crippen LogP contribution is 2.27. The van der Waals surface area contributed by atoms with Gasteiger partial charge in [-0.3, -0.25) is 0 Å². The standard InChI is InChI=1S/C13H12F4N4/c14-10-5-8(6-18)1-2-9(10)7-20-12-19-4-3-11(21-12)13(15,16)17/h1-5H,6-7,18H2,(H,19,20,21). The number of nitrogens with one attached hydrogen (secondary N) is 1. The molecular weight excluding hydrogens is 288 g/mol. The molecule has 112 valence electrons. The van der Waals surface area contributed by atoms with E-state index in [9.17, 15) is 17.6 Å². The molecule has 1 heterocycles. The fourth-order valence-electron chi connectivity index (χ4n) is 1.64. The van der Waals surface area contributed by atoms with Crippen molar-refractivity contribution in [1.82, 2.24) is 9.97 Å². The molecule has 0 radical (unpaired) electrons. The summed E-state index contributed by atoms with van der Waals surface area (Å²) in [5, 5.41) is 2.56. The van der Waals surface area contributed by atoms with Crippen LogP contribution in [0, 0.1) is 5.82 Å². The van der Waals surface area contributed by atoms with Crippen molar-refractivity contribution < 1.29 is 17.6 Å². The zero-order valence-electron chi connectivity index (χ0n) is 10.8. The van der Waals surface area contributed by atoms with Gasteiger partial charge in [-0.15, -0.1) is 0 Å². The number of alkyl halides is 3. The molecule has 1 aromatic carbocycles. The van der Waals surface area contributed by atoms with Gasteiger partial charge in [0.25, 0.3) is 0 Å².